The summed E-state index contributed by atoms with van der Waals surface area (Å²) in [6, 6.07) is -3.28. The van der Waals surface area contributed by atoms with Gasteiger partial charge < -0.3 is 32.5 Å². The molecule has 3 unspecified atom stereocenters. The molecule has 29 heavy (non-hydrogen) atoms. The summed E-state index contributed by atoms with van der Waals surface area (Å²) in [5.74, 6) is -3.45. The van der Waals surface area contributed by atoms with Crippen LogP contribution in [0.2, 0.25) is 0 Å². The van der Waals surface area contributed by atoms with Crippen molar-refractivity contribution in [1.29, 1.82) is 0 Å². The lowest BCUT2D eigenvalue weighted by Crippen LogP contribution is -2.54. The Morgan fingerprint density at radius 2 is 1.66 bits per heavy atom. The number of carbonyl (C=O) groups excluding carboxylic acids is 4. The molecule has 0 fully saturated rings. The highest BCUT2D eigenvalue weighted by atomic mass is 32.2. The van der Waals surface area contributed by atoms with Gasteiger partial charge in [-0.15, -0.1) is 0 Å². The van der Waals surface area contributed by atoms with E-state index in [0.29, 0.717) is 12.2 Å². The predicted molar refractivity (Wildman–Crippen MR) is 109 cm³/mol. The second-order valence-corrected chi connectivity index (χ2v) is 7.91. The van der Waals surface area contributed by atoms with E-state index in [4.69, 9.17) is 16.6 Å². The molecule has 11 nitrogen and oxygen atoms in total. The van der Waals surface area contributed by atoms with Gasteiger partial charge in [-0.1, -0.05) is 13.8 Å². The molecule has 8 N–H and O–H groups in total. The van der Waals surface area contributed by atoms with E-state index in [2.05, 4.69) is 16.0 Å². The number of nitrogens with one attached hydrogen (secondary N) is 3. The number of rotatable bonds is 14. The molecule has 0 aliphatic rings. The largest absolute Gasteiger partial charge is 0.480 e. The van der Waals surface area contributed by atoms with Crippen LogP contribution in [0.15, 0.2) is 0 Å². The average molecular weight is 434 g/mol. The first-order chi connectivity index (χ1) is 13.5. The maximum atomic E-state index is 12.4. The predicted octanol–water partition coefficient (Wildman–Crippen LogP) is -1.84. The van der Waals surface area contributed by atoms with E-state index < -0.39 is 54.1 Å². The molecular weight excluding hydrogens is 402 g/mol. The molecule has 0 aromatic carbocycles. The molecule has 0 aliphatic carbocycles. The number of amides is 4. The first-order valence-electron chi connectivity index (χ1n) is 9.10. The summed E-state index contributed by atoms with van der Waals surface area (Å²) in [7, 11) is 0. The van der Waals surface area contributed by atoms with Crippen LogP contribution in [-0.4, -0.2) is 71.4 Å². The van der Waals surface area contributed by atoms with Crippen LogP contribution in [0.1, 0.15) is 33.1 Å². The van der Waals surface area contributed by atoms with Gasteiger partial charge in [0.05, 0.1) is 19.0 Å². The van der Waals surface area contributed by atoms with E-state index in [9.17, 15) is 24.0 Å². The Morgan fingerprint density at radius 1 is 1.03 bits per heavy atom. The lowest BCUT2D eigenvalue weighted by molar-refractivity contribution is -0.143. The van der Waals surface area contributed by atoms with Crippen LogP contribution in [0.5, 0.6) is 0 Å². The Hall–Kier alpha value is -2.34. The molecule has 3 atom stereocenters. The number of nitrogens with two attached hydrogens (primary N) is 2. The van der Waals surface area contributed by atoms with E-state index >= 15 is 0 Å². The number of primary amides is 1. The van der Waals surface area contributed by atoms with Crippen LogP contribution >= 0.6 is 11.8 Å². The van der Waals surface area contributed by atoms with Crippen LogP contribution < -0.4 is 27.4 Å². The maximum absolute atomic E-state index is 12.4. The van der Waals surface area contributed by atoms with Crippen molar-refractivity contribution in [2.24, 2.45) is 17.4 Å². The second-order valence-electron chi connectivity index (χ2n) is 6.93. The number of hydrogen-bond acceptors (Lipinski definition) is 7. The van der Waals surface area contributed by atoms with Gasteiger partial charge >= 0.3 is 5.97 Å². The number of aliphatic carboxylic acids is 1. The molecule has 12 heteroatoms. The Bertz CT molecular complexity index is 601. The summed E-state index contributed by atoms with van der Waals surface area (Å²) >= 11 is 1.43. The van der Waals surface area contributed by atoms with Crippen LogP contribution in [0.25, 0.3) is 0 Å². The van der Waals surface area contributed by atoms with Gasteiger partial charge in [0, 0.05) is 0 Å². The number of hydrogen-bond donors (Lipinski definition) is 6. The molecule has 4 amide bonds. The van der Waals surface area contributed by atoms with E-state index in [-0.39, 0.29) is 18.9 Å². The fourth-order valence-corrected chi connectivity index (χ4v) is 2.81. The fourth-order valence-electron chi connectivity index (χ4n) is 2.34. The summed E-state index contributed by atoms with van der Waals surface area (Å²) in [5, 5.41) is 16.2. The molecule has 0 aromatic rings. The van der Waals surface area contributed by atoms with Crippen molar-refractivity contribution in [3.05, 3.63) is 0 Å². The highest BCUT2D eigenvalue weighted by molar-refractivity contribution is 7.98. The zero-order valence-corrected chi connectivity index (χ0v) is 17.7. The second kappa shape index (κ2) is 13.8. The molecule has 0 saturated carbocycles. The molecule has 0 rings (SSSR count). The number of thioether (sulfide) groups is 1. The maximum Gasteiger partial charge on any atom is 0.326 e. The third-order valence-corrected chi connectivity index (χ3v) is 4.41. The molecule has 0 aromatic heterocycles. The van der Waals surface area contributed by atoms with Crippen LogP contribution in [0.4, 0.5) is 0 Å². The van der Waals surface area contributed by atoms with E-state index in [0.717, 1.165) is 0 Å². The van der Waals surface area contributed by atoms with Crippen molar-refractivity contribution in [2.45, 2.75) is 51.2 Å². The highest BCUT2D eigenvalue weighted by Crippen LogP contribution is 2.04. The molecule has 166 valence electrons. The molecule has 0 bridgehead atoms. The van der Waals surface area contributed by atoms with Gasteiger partial charge in [0.1, 0.15) is 12.1 Å². The van der Waals surface area contributed by atoms with E-state index in [1.807, 2.05) is 13.8 Å². The van der Waals surface area contributed by atoms with Gasteiger partial charge in [0.2, 0.25) is 23.6 Å². The van der Waals surface area contributed by atoms with Gasteiger partial charge in [-0.25, -0.2) is 4.79 Å². The topological polar surface area (TPSA) is 194 Å². The Kier molecular flexibility index (Phi) is 12.7. The van der Waals surface area contributed by atoms with Crippen molar-refractivity contribution >= 4 is 41.4 Å². The zero-order chi connectivity index (χ0) is 22.6. The van der Waals surface area contributed by atoms with Crippen LogP contribution in [0.3, 0.4) is 0 Å². The first-order valence-corrected chi connectivity index (χ1v) is 10.5. The third kappa shape index (κ3) is 12.0. The summed E-state index contributed by atoms with van der Waals surface area (Å²) in [6.07, 6.45) is 1.92. The van der Waals surface area contributed by atoms with Gasteiger partial charge in [-0.2, -0.15) is 11.8 Å². The van der Waals surface area contributed by atoms with Crippen molar-refractivity contribution in [2.75, 3.05) is 18.6 Å². The normalized spacial score (nSPS) is 13.8. The quantitative estimate of drug-likeness (QED) is 0.184. The summed E-state index contributed by atoms with van der Waals surface area (Å²) in [6.45, 7) is 3.45. The SMILES string of the molecule is CSCCC(NC(=O)CNC(=O)C(N)CC(C)C)C(=O)NC(CC(N)=O)C(=O)O. The fraction of sp³-hybridized carbons (Fsp3) is 0.706. The molecule has 0 radical (unpaired) electrons. The van der Waals surface area contributed by atoms with Crippen LogP contribution in [0, 0.1) is 5.92 Å². The van der Waals surface area contributed by atoms with Crippen molar-refractivity contribution in [3.63, 3.8) is 0 Å². The molecule has 0 heterocycles. The number of carboxylic acids is 1. The van der Waals surface area contributed by atoms with Crippen molar-refractivity contribution in [1.82, 2.24) is 16.0 Å². The Balaban J connectivity index is 4.85. The van der Waals surface area contributed by atoms with Gasteiger partial charge in [0.25, 0.3) is 0 Å². The van der Waals surface area contributed by atoms with Crippen molar-refractivity contribution in [3.8, 4) is 0 Å². The number of carboxylic acid groups (broad SMARTS) is 1. The highest BCUT2D eigenvalue weighted by Gasteiger charge is 2.27. The third-order valence-electron chi connectivity index (χ3n) is 3.77. The van der Waals surface area contributed by atoms with Crippen LogP contribution in [-0.2, 0) is 24.0 Å². The number of carbonyl (C=O) groups is 5. The summed E-state index contributed by atoms with van der Waals surface area (Å²) < 4.78 is 0. The minimum Gasteiger partial charge on any atom is -0.480 e. The van der Waals surface area contributed by atoms with E-state index in [1.54, 1.807) is 6.26 Å². The molecular formula is C17H31N5O6S. The standard InChI is InChI=1S/C17H31N5O6S/c1-9(2)6-10(18)15(25)20-8-14(24)21-11(4-5-29-3)16(26)22-12(17(27)28)7-13(19)23/h9-12H,4-8,18H2,1-3H3,(H2,19,23)(H,20,25)(H,21,24)(H,22,26)(H,27,28). The molecule has 0 aliphatic heterocycles. The first kappa shape index (κ1) is 26.7. The average Bonchev–Trinajstić information content (AvgIpc) is 2.61. The lowest BCUT2D eigenvalue weighted by atomic mass is 10.0. The monoisotopic (exact) mass is 433 g/mol. The molecule has 0 saturated heterocycles. The Labute approximate surface area is 174 Å². The zero-order valence-electron chi connectivity index (χ0n) is 16.9. The summed E-state index contributed by atoms with van der Waals surface area (Å²) in [5.41, 5.74) is 10.7. The van der Waals surface area contributed by atoms with Gasteiger partial charge in [-0.3, -0.25) is 19.2 Å². The lowest BCUT2D eigenvalue weighted by Gasteiger charge is -2.21. The van der Waals surface area contributed by atoms with Crippen molar-refractivity contribution < 1.29 is 29.1 Å². The van der Waals surface area contributed by atoms with E-state index in [1.165, 1.54) is 11.8 Å². The van der Waals surface area contributed by atoms with Gasteiger partial charge in [0.15, 0.2) is 0 Å². The van der Waals surface area contributed by atoms with Gasteiger partial charge in [-0.05, 0) is 30.8 Å². The Morgan fingerprint density at radius 3 is 2.14 bits per heavy atom. The summed E-state index contributed by atoms with van der Waals surface area (Å²) in [4.78, 5) is 58.5. The minimum atomic E-state index is -1.50. The smallest absolute Gasteiger partial charge is 0.326 e. The molecule has 0 spiro atoms. The minimum absolute atomic E-state index is 0.215.